The summed E-state index contributed by atoms with van der Waals surface area (Å²) in [5.41, 5.74) is 0. The summed E-state index contributed by atoms with van der Waals surface area (Å²) in [6.07, 6.45) is -5.82. The van der Waals surface area contributed by atoms with Gasteiger partial charge < -0.3 is 60.3 Å². The van der Waals surface area contributed by atoms with Gasteiger partial charge in [0.15, 0.2) is 18.5 Å². The van der Waals surface area contributed by atoms with Gasteiger partial charge in [-0.25, -0.2) is 9.59 Å². The highest BCUT2D eigenvalue weighted by molar-refractivity contribution is 5.75. The molecule has 0 saturated carbocycles. The van der Waals surface area contributed by atoms with Gasteiger partial charge in [0.05, 0.1) is 12.9 Å². The number of aliphatic carboxylic acids is 2. The molecule has 0 saturated heterocycles. The number of aliphatic hydroxyl groups excluding tert-OH is 8. The van der Waals surface area contributed by atoms with Crippen molar-refractivity contribution in [2.24, 2.45) is 0 Å². The minimum atomic E-state index is -2.36. The Labute approximate surface area is 201 Å². The molecule has 14 heteroatoms. The minimum Gasteiger partial charge on any atom is -0.479 e. The zero-order chi connectivity index (χ0) is 27.6. The quantitative estimate of drug-likeness (QED) is 0.0895. The van der Waals surface area contributed by atoms with Gasteiger partial charge >= 0.3 is 11.9 Å². The fourth-order valence-corrected chi connectivity index (χ4v) is 2.26. The second-order valence-corrected chi connectivity index (χ2v) is 7.30. The summed E-state index contributed by atoms with van der Waals surface area (Å²) in [6, 6.07) is 4.00. The maximum atomic E-state index is 10.1. The van der Waals surface area contributed by atoms with E-state index in [2.05, 4.69) is 6.92 Å². The van der Waals surface area contributed by atoms with E-state index >= 15 is 0 Å². The van der Waals surface area contributed by atoms with Crippen molar-refractivity contribution < 1.29 is 69.9 Å². The lowest BCUT2D eigenvalue weighted by Gasteiger charge is -2.21. The molecule has 0 amide bonds. The first-order valence-electron chi connectivity index (χ1n) is 10.7. The van der Waals surface area contributed by atoms with Crippen molar-refractivity contribution in [3.63, 3.8) is 0 Å². The fourth-order valence-electron chi connectivity index (χ4n) is 2.26. The molecule has 1 aromatic rings. The summed E-state index contributed by atoms with van der Waals surface area (Å²) in [6.45, 7) is 1.54. The van der Waals surface area contributed by atoms with Crippen molar-refractivity contribution in [1.29, 1.82) is 0 Å². The van der Waals surface area contributed by atoms with Crippen molar-refractivity contribution in [1.82, 2.24) is 0 Å². The van der Waals surface area contributed by atoms with Crippen LogP contribution in [0.4, 0.5) is 0 Å². The van der Waals surface area contributed by atoms with Crippen LogP contribution in [0.25, 0.3) is 0 Å². The topological polar surface area (TPSA) is 267 Å². The number of aryl methyl sites for hydroxylation is 1. The summed E-state index contributed by atoms with van der Waals surface area (Å²) >= 11 is 0. The number of hydrogen-bond acceptors (Lipinski definition) is 12. The minimum absolute atomic E-state index is 0.0869. The van der Waals surface area contributed by atoms with E-state index in [1.165, 1.54) is 25.7 Å². The van der Waals surface area contributed by atoms with Crippen LogP contribution < -0.4 is 0 Å². The Morgan fingerprint density at radius 3 is 1.74 bits per heavy atom. The highest BCUT2D eigenvalue weighted by Gasteiger charge is 2.37. The second kappa shape index (κ2) is 19.8. The van der Waals surface area contributed by atoms with Gasteiger partial charge in [0, 0.05) is 6.42 Å². The smallest absolute Gasteiger partial charge is 0.335 e. The van der Waals surface area contributed by atoms with Crippen LogP contribution in [0.15, 0.2) is 22.8 Å². The Kier molecular flexibility index (Phi) is 19.7. The monoisotopic (exact) mass is 512 g/mol. The summed E-state index contributed by atoms with van der Waals surface area (Å²) < 4.78 is 5.21. The highest BCUT2D eigenvalue weighted by atomic mass is 16.4. The lowest BCUT2D eigenvalue weighted by molar-refractivity contribution is -0.172. The molecule has 0 fully saturated rings. The molecule has 204 valence electrons. The number of carboxylic acids is 2. The fraction of sp³-hybridized carbons (Fsp3) is 0.667. The molecule has 0 aliphatic heterocycles. The van der Waals surface area contributed by atoms with Crippen molar-refractivity contribution in [3.8, 4) is 0 Å². The van der Waals surface area contributed by atoms with E-state index in [4.69, 9.17) is 55.5 Å². The first-order valence-corrected chi connectivity index (χ1v) is 10.7. The van der Waals surface area contributed by atoms with Crippen LogP contribution >= 0.6 is 0 Å². The average Bonchev–Trinajstić information content (AvgIpc) is 3.37. The summed E-state index contributed by atoms with van der Waals surface area (Å²) in [5.74, 6) is -2.55. The third-order valence-electron chi connectivity index (χ3n) is 4.43. The molecule has 1 rings (SSSR count). The molecule has 1 aromatic heterocycles. The van der Waals surface area contributed by atoms with Gasteiger partial charge in [0.1, 0.15) is 36.3 Å². The van der Waals surface area contributed by atoms with E-state index in [1.807, 2.05) is 12.1 Å². The maximum Gasteiger partial charge on any atom is 0.335 e. The van der Waals surface area contributed by atoms with Gasteiger partial charge in [-0.2, -0.15) is 0 Å². The molecule has 0 spiro atoms. The zero-order valence-electron chi connectivity index (χ0n) is 19.2. The van der Waals surface area contributed by atoms with Crippen LogP contribution in [0, 0.1) is 0 Å². The number of furan rings is 1. The molecule has 1 heterocycles. The summed E-state index contributed by atoms with van der Waals surface area (Å²) in [5, 5.41) is 85.5. The van der Waals surface area contributed by atoms with Crippen LogP contribution in [0.2, 0.25) is 0 Å². The number of aldehydes is 1. The molecule has 0 radical (unpaired) electrons. The predicted molar refractivity (Wildman–Crippen MR) is 117 cm³/mol. The highest BCUT2D eigenvalue weighted by Crippen LogP contribution is 2.08. The first-order chi connectivity index (χ1) is 16.3. The van der Waals surface area contributed by atoms with E-state index in [1.54, 1.807) is 6.26 Å². The van der Waals surface area contributed by atoms with Crippen LogP contribution in [-0.2, 0) is 20.8 Å². The predicted octanol–water partition coefficient (Wildman–Crippen LogP) is -2.74. The van der Waals surface area contributed by atoms with Gasteiger partial charge in [-0.3, -0.25) is 0 Å². The lowest BCUT2D eigenvalue weighted by atomic mass is 10.0. The SMILES string of the molecule is CCCCCCc1ccco1.O=C(O)C(O)C(O)C(O)C(O)C(=O)O.O=CC(O)C(O)C(O)CO. The largest absolute Gasteiger partial charge is 0.479 e. The number of rotatable bonds is 14. The van der Waals surface area contributed by atoms with E-state index in [0.29, 0.717) is 0 Å². The van der Waals surface area contributed by atoms with E-state index < -0.39 is 61.3 Å². The average molecular weight is 513 g/mol. The van der Waals surface area contributed by atoms with Gasteiger partial charge in [0.25, 0.3) is 0 Å². The molecule has 7 unspecified atom stereocenters. The van der Waals surface area contributed by atoms with E-state index in [9.17, 15) is 14.4 Å². The van der Waals surface area contributed by atoms with Gasteiger partial charge in [-0.05, 0) is 18.6 Å². The number of carboxylic acid groups (broad SMARTS) is 2. The van der Waals surface area contributed by atoms with Crippen molar-refractivity contribution >= 4 is 18.2 Å². The number of aliphatic hydroxyl groups is 8. The van der Waals surface area contributed by atoms with Crippen LogP contribution in [0.3, 0.4) is 0 Å². The van der Waals surface area contributed by atoms with Gasteiger partial charge in [-0.1, -0.05) is 26.2 Å². The standard InChI is InChI=1S/C10H16O.C6H10O8.C5H10O5/c1-2-3-4-5-7-10-8-6-9-11-10;7-1(3(9)5(11)12)2(8)4(10)6(13)14;6-1-3(8)5(10)4(9)2-7/h6,8-9H,2-5,7H2,1H3;1-4,7-10H,(H,11,12)(H,13,14);1,3-5,7-10H,2H2. The second-order valence-electron chi connectivity index (χ2n) is 7.30. The van der Waals surface area contributed by atoms with Crippen molar-refractivity contribution in [2.45, 2.75) is 81.8 Å². The Balaban J connectivity index is 0. The molecule has 14 nitrogen and oxygen atoms in total. The van der Waals surface area contributed by atoms with Crippen LogP contribution in [-0.4, -0.2) is 119 Å². The molecule has 35 heavy (non-hydrogen) atoms. The molecule has 10 N–H and O–H groups in total. The number of carbonyl (C=O) groups is 3. The van der Waals surface area contributed by atoms with E-state index in [0.717, 1.165) is 12.2 Å². The van der Waals surface area contributed by atoms with Gasteiger partial charge in [0.2, 0.25) is 0 Å². The molecule has 0 aliphatic rings. The lowest BCUT2D eigenvalue weighted by Crippen LogP contribution is -2.49. The number of unbranched alkanes of at least 4 members (excludes halogenated alkanes) is 3. The molecular formula is C21H36O14. The van der Waals surface area contributed by atoms with Crippen molar-refractivity contribution in [3.05, 3.63) is 24.2 Å². The molecule has 0 bridgehead atoms. The normalized spacial score (nSPS) is 16.6. The Hall–Kier alpha value is -2.43. The third kappa shape index (κ3) is 15.2. The Bertz CT molecular complexity index is 656. The molecule has 0 aromatic carbocycles. The number of hydrogen-bond donors (Lipinski definition) is 10. The summed E-state index contributed by atoms with van der Waals surface area (Å²) in [4.78, 5) is 29.9. The zero-order valence-corrected chi connectivity index (χ0v) is 19.2. The third-order valence-corrected chi connectivity index (χ3v) is 4.43. The Morgan fingerprint density at radius 1 is 0.886 bits per heavy atom. The molecular weight excluding hydrogens is 476 g/mol. The van der Waals surface area contributed by atoms with Gasteiger partial charge in [-0.15, -0.1) is 0 Å². The molecule has 0 aliphatic carbocycles. The molecule has 7 atom stereocenters. The summed E-state index contributed by atoms with van der Waals surface area (Å²) in [7, 11) is 0. The van der Waals surface area contributed by atoms with Crippen molar-refractivity contribution in [2.75, 3.05) is 6.61 Å². The number of carbonyl (C=O) groups excluding carboxylic acids is 1. The Morgan fingerprint density at radius 2 is 1.40 bits per heavy atom. The maximum absolute atomic E-state index is 10.1. The van der Waals surface area contributed by atoms with Crippen LogP contribution in [0.1, 0.15) is 38.4 Å². The van der Waals surface area contributed by atoms with Crippen LogP contribution in [0.5, 0.6) is 0 Å². The first kappa shape index (κ1) is 34.7. The van der Waals surface area contributed by atoms with E-state index in [-0.39, 0.29) is 6.29 Å².